The molecule has 0 aliphatic heterocycles. The van der Waals surface area contributed by atoms with Gasteiger partial charge in [0.05, 0.1) is 16.8 Å². The van der Waals surface area contributed by atoms with Gasteiger partial charge in [0.25, 0.3) is 0 Å². The molecule has 0 radical (unpaired) electrons. The van der Waals surface area contributed by atoms with E-state index >= 15 is 0 Å². The van der Waals surface area contributed by atoms with E-state index in [9.17, 15) is 0 Å². The van der Waals surface area contributed by atoms with Crippen LogP contribution in [0.15, 0.2) is 30.6 Å². The molecular weight excluding hydrogens is 250 g/mol. The molecule has 0 aliphatic carbocycles. The van der Waals surface area contributed by atoms with Crippen molar-refractivity contribution in [2.45, 2.75) is 13.0 Å². The Bertz CT molecular complexity index is 520. The zero-order chi connectivity index (χ0) is 13.1. The number of halogens is 1. The lowest BCUT2D eigenvalue weighted by Gasteiger charge is -2.19. The molecule has 0 spiro atoms. The molecule has 94 valence electrons. The number of hydrazine groups is 1. The standard InChI is InChI=1S/C12H14ClN5/c1-7-4-5-16-12(14)10(7)11(18-15)9-3-2-8(13)6-17-9/h2-6,11,18H,15H2,1H3,(H2,14,16). The van der Waals surface area contributed by atoms with Crippen molar-refractivity contribution < 1.29 is 0 Å². The van der Waals surface area contributed by atoms with Gasteiger partial charge in [-0.25, -0.2) is 10.4 Å². The maximum absolute atomic E-state index is 5.90. The topological polar surface area (TPSA) is 89.8 Å². The van der Waals surface area contributed by atoms with Crippen LogP contribution in [0.1, 0.15) is 22.9 Å². The molecule has 0 aliphatic rings. The minimum atomic E-state index is -0.309. The third-order valence-corrected chi connectivity index (χ3v) is 2.96. The van der Waals surface area contributed by atoms with Crippen LogP contribution < -0.4 is 17.0 Å². The smallest absolute Gasteiger partial charge is 0.128 e. The molecule has 2 aromatic rings. The summed E-state index contributed by atoms with van der Waals surface area (Å²) in [6, 6.07) is 5.14. The molecule has 2 rings (SSSR count). The van der Waals surface area contributed by atoms with Gasteiger partial charge in [-0.1, -0.05) is 11.6 Å². The summed E-state index contributed by atoms with van der Waals surface area (Å²) in [5.41, 5.74) is 11.2. The maximum Gasteiger partial charge on any atom is 0.128 e. The van der Waals surface area contributed by atoms with Gasteiger partial charge in [-0.15, -0.1) is 0 Å². The molecule has 0 saturated heterocycles. The van der Waals surface area contributed by atoms with Gasteiger partial charge in [0, 0.05) is 18.0 Å². The Morgan fingerprint density at radius 1 is 1.28 bits per heavy atom. The fourth-order valence-electron chi connectivity index (χ4n) is 1.84. The van der Waals surface area contributed by atoms with E-state index in [0.29, 0.717) is 10.8 Å². The zero-order valence-electron chi connectivity index (χ0n) is 9.89. The number of nitrogens with two attached hydrogens (primary N) is 2. The van der Waals surface area contributed by atoms with Crippen molar-refractivity contribution in [1.29, 1.82) is 0 Å². The first-order valence-corrected chi connectivity index (χ1v) is 5.80. The first kappa shape index (κ1) is 12.8. The molecule has 5 N–H and O–H groups in total. The average molecular weight is 264 g/mol. The molecule has 0 aromatic carbocycles. The van der Waals surface area contributed by atoms with E-state index in [4.69, 9.17) is 23.2 Å². The predicted octanol–water partition coefficient (Wildman–Crippen LogP) is 1.57. The van der Waals surface area contributed by atoms with Crippen LogP contribution in [0.2, 0.25) is 5.02 Å². The van der Waals surface area contributed by atoms with Crippen molar-refractivity contribution in [2.24, 2.45) is 5.84 Å². The van der Waals surface area contributed by atoms with Crippen LogP contribution in [0.3, 0.4) is 0 Å². The lowest BCUT2D eigenvalue weighted by Crippen LogP contribution is -2.30. The molecule has 1 unspecified atom stereocenters. The monoisotopic (exact) mass is 263 g/mol. The van der Waals surface area contributed by atoms with Crippen LogP contribution in [-0.2, 0) is 0 Å². The molecular formula is C12H14ClN5. The largest absolute Gasteiger partial charge is 0.383 e. The van der Waals surface area contributed by atoms with Gasteiger partial charge in [0.2, 0.25) is 0 Å². The van der Waals surface area contributed by atoms with Gasteiger partial charge < -0.3 is 5.73 Å². The fraction of sp³-hybridized carbons (Fsp3) is 0.167. The number of pyridine rings is 2. The Balaban J connectivity index is 2.48. The number of anilines is 1. The second kappa shape index (κ2) is 5.30. The Morgan fingerprint density at radius 3 is 2.61 bits per heavy atom. The van der Waals surface area contributed by atoms with Crippen molar-refractivity contribution in [3.8, 4) is 0 Å². The van der Waals surface area contributed by atoms with Crippen LogP contribution in [0.4, 0.5) is 5.82 Å². The highest BCUT2D eigenvalue weighted by atomic mass is 35.5. The van der Waals surface area contributed by atoms with Crippen molar-refractivity contribution in [3.05, 3.63) is 52.4 Å². The summed E-state index contributed by atoms with van der Waals surface area (Å²) in [6.45, 7) is 1.95. The SMILES string of the molecule is Cc1ccnc(N)c1C(NN)c1ccc(Cl)cn1. The molecule has 6 heteroatoms. The van der Waals surface area contributed by atoms with E-state index < -0.39 is 0 Å². The number of aromatic nitrogens is 2. The number of nitrogens with zero attached hydrogens (tertiary/aromatic N) is 2. The Labute approximate surface area is 110 Å². The number of rotatable bonds is 3. The number of nitrogens with one attached hydrogen (secondary N) is 1. The van der Waals surface area contributed by atoms with Crippen molar-refractivity contribution in [3.63, 3.8) is 0 Å². The summed E-state index contributed by atoms with van der Waals surface area (Å²) in [5, 5.41) is 0.574. The van der Waals surface area contributed by atoms with Crippen LogP contribution in [0.25, 0.3) is 0 Å². The highest BCUT2D eigenvalue weighted by Crippen LogP contribution is 2.27. The average Bonchev–Trinajstić information content (AvgIpc) is 2.35. The second-order valence-corrected chi connectivity index (χ2v) is 4.36. The van der Waals surface area contributed by atoms with E-state index in [1.807, 2.05) is 13.0 Å². The molecule has 0 saturated carbocycles. The molecule has 0 bridgehead atoms. The van der Waals surface area contributed by atoms with Crippen LogP contribution in [0.5, 0.6) is 0 Å². The minimum Gasteiger partial charge on any atom is -0.383 e. The molecule has 2 aromatic heterocycles. The van der Waals surface area contributed by atoms with Gasteiger partial charge in [-0.3, -0.25) is 10.8 Å². The zero-order valence-corrected chi connectivity index (χ0v) is 10.6. The Morgan fingerprint density at radius 2 is 2.06 bits per heavy atom. The fourth-order valence-corrected chi connectivity index (χ4v) is 1.95. The summed E-state index contributed by atoms with van der Waals surface area (Å²) in [4.78, 5) is 8.33. The quantitative estimate of drug-likeness (QED) is 0.578. The van der Waals surface area contributed by atoms with Gasteiger partial charge in [-0.2, -0.15) is 0 Å². The van der Waals surface area contributed by atoms with Crippen molar-refractivity contribution in [1.82, 2.24) is 15.4 Å². The third kappa shape index (κ3) is 2.43. The van der Waals surface area contributed by atoms with Crippen molar-refractivity contribution >= 4 is 17.4 Å². The molecule has 5 nitrogen and oxygen atoms in total. The first-order chi connectivity index (χ1) is 8.63. The summed E-state index contributed by atoms with van der Waals surface area (Å²) in [6.07, 6.45) is 3.24. The number of nitrogen functional groups attached to an aromatic ring is 1. The van der Waals surface area contributed by atoms with Crippen molar-refractivity contribution in [2.75, 3.05) is 5.73 Å². The maximum atomic E-state index is 5.90. The lowest BCUT2D eigenvalue weighted by atomic mass is 10.00. The van der Waals surface area contributed by atoms with Crippen LogP contribution in [0, 0.1) is 6.92 Å². The van der Waals surface area contributed by atoms with Gasteiger partial charge >= 0.3 is 0 Å². The summed E-state index contributed by atoms with van der Waals surface area (Å²) in [5.74, 6) is 6.05. The highest BCUT2D eigenvalue weighted by molar-refractivity contribution is 6.30. The van der Waals surface area contributed by atoms with E-state index in [-0.39, 0.29) is 6.04 Å². The molecule has 0 fully saturated rings. The minimum absolute atomic E-state index is 0.309. The molecule has 1 atom stereocenters. The number of hydrogen-bond donors (Lipinski definition) is 3. The van der Waals surface area contributed by atoms with E-state index in [2.05, 4.69) is 15.4 Å². The van der Waals surface area contributed by atoms with Gasteiger partial charge in [0.1, 0.15) is 5.82 Å². The van der Waals surface area contributed by atoms with Crippen LogP contribution >= 0.6 is 11.6 Å². The van der Waals surface area contributed by atoms with Gasteiger partial charge in [0.15, 0.2) is 0 Å². The molecule has 18 heavy (non-hydrogen) atoms. The Kier molecular flexibility index (Phi) is 3.76. The normalized spacial score (nSPS) is 12.4. The first-order valence-electron chi connectivity index (χ1n) is 5.42. The Hall–Kier alpha value is -1.69. The summed E-state index contributed by atoms with van der Waals surface area (Å²) < 4.78 is 0. The van der Waals surface area contributed by atoms with E-state index in [1.165, 1.54) is 0 Å². The summed E-state index contributed by atoms with van der Waals surface area (Å²) in [7, 11) is 0. The number of hydrogen-bond acceptors (Lipinski definition) is 5. The second-order valence-electron chi connectivity index (χ2n) is 3.93. The van der Waals surface area contributed by atoms with E-state index in [0.717, 1.165) is 16.8 Å². The lowest BCUT2D eigenvalue weighted by molar-refractivity contribution is 0.617. The highest BCUT2D eigenvalue weighted by Gasteiger charge is 2.19. The third-order valence-electron chi connectivity index (χ3n) is 2.74. The predicted molar refractivity (Wildman–Crippen MR) is 71.8 cm³/mol. The van der Waals surface area contributed by atoms with E-state index in [1.54, 1.807) is 24.5 Å². The molecule has 2 heterocycles. The summed E-state index contributed by atoms with van der Waals surface area (Å²) >= 11 is 5.82. The van der Waals surface area contributed by atoms with Gasteiger partial charge in [-0.05, 0) is 30.7 Å². The van der Waals surface area contributed by atoms with Crippen LogP contribution in [-0.4, -0.2) is 9.97 Å². The number of aryl methyl sites for hydroxylation is 1. The molecule has 0 amide bonds.